The average Bonchev–Trinajstić information content (AvgIpc) is 2.94. The molecule has 0 aliphatic heterocycles. The van der Waals surface area contributed by atoms with Crippen molar-refractivity contribution in [3.05, 3.63) is 41.1 Å². The molecule has 18 heavy (non-hydrogen) atoms. The molecule has 0 radical (unpaired) electrons. The third-order valence-corrected chi connectivity index (χ3v) is 4.13. The molecule has 2 heterocycles. The summed E-state index contributed by atoms with van der Waals surface area (Å²) in [5.41, 5.74) is 3.09. The van der Waals surface area contributed by atoms with Gasteiger partial charge in [0.15, 0.2) is 0 Å². The molecule has 0 saturated heterocycles. The van der Waals surface area contributed by atoms with E-state index in [1.54, 1.807) is 17.6 Å². The second kappa shape index (κ2) is 4.55. The van der Waals surface area contributed by atoms with Gasteiger partial charge in [-0.15, -0.1) is 11.3 Å². The number of aryl methyl sites for hydroxylation is 1. The van der Waals surface area contributed by atoms with E-state index in [2.05, 4.69) is 23.3 Å². The van der Waals surface area contributed by atoms with E-state index >= 15 is 0 Å². The maximum atomic E-state index is 5.56. The largest absolute Gasteiger partial charge is 0.464 e. The lowest BCUT2D eigenvalue weighted by Crippen LogP contribution is -2.04. The number of thiazole rings is 1. The van der Waals surface area contributed by atoms with Crippen LogP contribution in [0.15, 0.2) is 34.9 Å². The number of benzene rings is 1. The van der Waals surface area contributed by atoms with Gasteiger partial charge in [0.1, 0.15) is 16.9 Å². The van der Waals surface area contributed by atoms with Crippen molar-refractivity contribution >= 4 is 22.3 Å². The topological polar surface area (TPSA) is 38.1 Å². The number of hydrogen-bond acceptors (Lipinski definition) is 4. The van der Waals surface area contributed by atoms with E-state index in [1.807, 2.05) is 25.2 Å². The van der Waals surface area contributed by atoms with Crippen molar-refractivity contribution in [3.63, 3.8) is 0 Å². The highest BCUT2D eigenvalue weighted by Gasteiger charge is 2.13. The van der Waals surface area contributed by atoms with E-state index in [0.717, 1.165) is 33.8 Å². The molecule has 0 aliphatic carbocycles. The lowest BCUT2D eigenvalue weighted by molar-refractivity contribution is 0.617. The summed E-state index contributed by atoms with van der Waals surface area (Å²) in [6.45, 7) is 2.91. The van der Waals surface area contributed by atoms with Gasteiger partial charge in [-0.1, -0.05) is 18.2 Å². The summed E-state index contributed by atoms with van der Waals surface area (Å²) in [6.07, 6.45) is 1.80. The van der Waals surface area contributed by atoms with Gasteiger partial charge in [0.05, 0.1) is 11.3 Å². The zero-order valence-electron chi connectivity index (χ0n) is 10.4. The van der Waals surface area contributed by atoms with E-state index in [0.29, 0.717) is 0 Å². The first kappa shape index (κ1) is 11.4. The Morgan fingerprint density at radius 1 is 1.33 bits per heavy atom. The molecule has 0 unspecified atom stereocenters. The van der Waals surface area contributed by atoms with Gasteiger partial charge in [-0.05, 0) is 20.0 Å². The summed E-state index contributed by atoms with van der Waals surface area (Å²) in [5.74, 6) is 0. The molecule has 0 bridgehead atoms. The van der Waals surface area contributed by atoms with E-state index in [9.17, 15) is 0 Å². The minimum Gasteiger partial charge on any atom is -0.464 e. The van der Waals surface area contributed by atoms with Crippen LogP contribution in [0.4, 0.5) is 0 Å². The Kier molecular flexibility index (Phi) is 2.89. The quantitative estimate of drug-likeness (QED) is 0.780. The van der Waals surface area contributed by atoms with Gasteiger partial charge in [-0.25, -0.2) is 4.98 Å². The smallest absolute Gasteiger partial charge is 0.134 e. The van der Waals surface area contributed by atoms with Gasteiger partial charge in [0.2, 0.25) is 0 Å². The van der Waals surface area contributed by atoms with Crippen molar-refractivity contribution in [2.24, 2.45) is 0 Å². The third-order valence-electron chi connectivity index (χ3n) is 2.94. The Labute approximate surface area is 109 Å². The number of aromatic nitrogens is 1. The SMILES string of the molecule is CNCc1sc(-c2coc3ccccc23)nc1C. The van der Waals surface area contributed by atoms with Crippen LogP contribution in [0.2, 0.25) is 0 Å². The van der Waals surface area contributed by atoms with Crippen LogP contribution in [0, 0.1) is 6.92 Å². The van der Waals surface area contributed by atoms with Crippen molar-refractivity contribution < 1.29 is 4.42 Å². The van der Waals surface area contributed by atoms with Crippen LogP contribution in [0.1, 0.15) is 10.6 Å². The monoisotopic (exact) mass is 258 g/mol. The average molecular weight is 258 g/mol. The molecule has 0 aliphatic rings. The predicted octanol–water partition coefficient (Wildman–Crippen LogP) is 3.58. The maximum absolute atomic E-state index is 5.56. The van der Waals surface area contributed by atoms with Gasteiger partial charge in [-0.2, -0.15) is 0 Å². The summed E-state index contributed by atoms with van der Waals surface area (Å²) in [7, 11) is 1.95. The second-order valence-corrected chi connectivity index (χ2v) is 5.29. The molecule has 4 heteroatoms. The second-order valence-electron chi connectivity index (χ2n) is 4.20. The summed E-state index contributed by atoms with van der Waals surface area (Å²) in [5, 5.41) is 5.32. The van der Waals surface area contributed by atoms with Gasteiger partial charge in [-0.3, -0.25) is 0 Å². The Bertz CT molecular complexity index is 684. The third kappa shape index (κ3) is 1.83. The van der Waals surface area contributed by atoms with Crippen LogP contribution in [0.25, 0.3) is 21.5 Å². The fourth-order valence-corrected chi connectivity index (χ4v) is 3.11. The molecule has 3 nitrogen and oxygen atoms in total. The normalized spacial score (nSPS) is 11.2. The maximum Gasteiger partial charge on any atom is 0.134 e. The highest BCUT2D eigenvalue weighted by atomic mass is 32.1. The Balaban J connectivity index is 2.11. The first-order valence-corrected chi connectivity index (χ1v) is 6.68. The molecule has 92 valence electrons. The van der Waals surface area contributed by atoms with Crippen LogP contribution < -0.4 is 5.32 Å². The number of rotatable bonds is 3. The molecule has 3 aromatic rings. The van der Waals surface area contributed by atoms with Crippen LogP contribution >= 0.6 is 11.3 Å². The van der Waals surface area contributed by atoms with Crippen molar-refractivity contribution in [2.45, 2.75) is 13.5 Å². The van der Waals surface area contributed by atoms with Crippen LogP contribution in [0.3, 0.4) is 0 Å². The highest BCUT2D eigenvalue weighted by molar-refractivity contribution is 7.15. The fourth-order valence-electron chi connectivity index (χ4n) is 2.01. The number of nitrogens with one attached hydrogen (secondary N) is 1. The van der Waals surface area contributed by atoms with Crippen LogP contribution in [0.5, 0.6) is 0 Å². The van der Waals surface area contributed by atoms with Crippen molar-refractivity contribution in [1.29, 1.82) is 0 Å². The van der Waals surface area contributed by atoms with Gasteiger partial charge < -0.3 is 9.73 Å². The molecular weight excluding hydrogens is 244 g/mol. The number of nitrogens with zero attached hydrogens (tertiary/aromatic N) is 1. The zero-order valence-corrected chi connectivity index (χ0v) is 11.2. The molecule has 0 saturated carbocycles. The Morgan fingerprint density at radius 2 is 2.17 bits per heavy atom. The molecule has 0 amide bonds. The highest BCUT2D eigenvalue weighted by Crippen LogP contribution is 2.34. The predicted molar refractivity (Wildman–Crippen MR) is 74.8 cm³/mol. The number of furan rings is 1. The molecule has 1 N–H and O–H groups in total. The molecule has 0 atom stereocenters. The summed E-state index contributed by atoms with van der Waals surface area (Å²) in [4.78, 5) is 5.92. The fraction of sp³-hybridized carbons (Fsp3) is 0.214. The van der Waals surface area contributed by atoms with E-state index < -0.39 is 0 Å². The van der Waals surface area contributed by atoms with Crippen molar-refractivity contribution in [2.75, 3.05) is 7.05 Å². The molecule has 0 fully saturated rings. The molecule has 0 spiro atoms. The van der Waals surface area contributed by atoms with Crippen LogP contribution in [-0.4, -0.2) is 12.0 Å². The van der Waals surface area contributed by atoms with E-state index in [4.69, 9.17) is 4.42 Å². The standard InChI is InChI=1S/C14H14N2OS/c1-9-13(7-15-2)18-14(16-9)11-8-17-12-6-4-3-5-10(11)12/h3-6,8,15H,7H2,1-2H3. The Morgan fingerprint density at radius 3 is 3.00 bits per heavy atom. The summed E-state index contributed by atoms with van der Waals surface area (Å²) >= 11 is 1.72. The molecule has 1 aromatic carbocycles. The first-order chi connectivity index (χ1) is 8.79. The summed E-state index contributed by atoms with van der Waals surface area (Å²) < 4.78 is 5.56. The number of fused-ring (bicyclic) bond motifs is 1. The minimum absolute atomic E-state index is 0.860. The van der Waals surface area contributed by atoms with Gasteiger partial charge in [0, 0.05) is 16.8 Å². The number of hydrogen-bond donors (Lipinski definition) is 1. The van der Waals surface area contributed by atoms with Crippen LogP contribution in [-0.2, 0) is 6.54 Å². The van der Waals surface area contributed by atoms with Crippen molar-refractivity contribution in [1.82, 2.24) is 10.3 Å². The summed E-state index contributed by atoms with van der Waals surface area (Å²) in [6, 6.07) is 8.06. The molecule has 2 aromatic heterocycles. The minimum atomic E-state index is 0.860. The van der Waals surface area contributed by atoms with E-state index in [1.165, 1.54) is 4.88 Å². The lowest BCUT2D eigenvalue weighted by Gasteiger charge is -1.93. The lowest BCUT2D eigenvalue weighted by atomic mass is 10.2. The van der Waals surface area contributed by atoms with Crippen molar-refractivity contribution in [3.8, 4) is 10.6 Å². The van der Waals surface area contributed by atoms with Gasteiger partial charge in [0.25, 0.3) is 0 Å². The van der Waals surface area contributed by atoms with Gasteiger partial charge >= 0.3 is 0 Å². The zero-order chi connectivity index (χ0) is 12.5. The number of para-hydroxylation sites is 1. The first-order valence-electron chi connectivity index (χ1n) is 5.87. The molecular formula is C14H14N2OS. The molecule has 3 rings (SSSR count). The van der Waals surface area contributed by atoms with E-state index in [-0.39, 0.29) is 0 Å². The Hall–Kier alpha value is -1.65.